The Kier molecular flexibility index (Phi) is 4.27. The van der Waals surface area contributed by atoms with Gasteiger partial charge in [-0.15, -0.1) is 0 Å². The van der Waals surface area contributed by atoms with Gasteiger partial charge in [0, 0.05) is 5.02 Å². The zero-order valence-corrected chi connectivity index (χ0v) is 12.7. The van der Waals surface area contributed by atoms with Crippen LogP contribution in [0.4, 0.5) is 0 Å². The fourth-order valence-electron chi connectivity index (χ4n) is 3.12. The standard InChI is InChI=1S/C16H19ClN2O2/c17-13-6-4-12(5-7-13)11-19-15(20)10-14(16(19)21)18-8-2-1-3-9-18/h4-7,14H,1-3,8-11H2/t14-/m1/s1. The smallest absolute Gasteiger partial charge is 0.247 e. The molecule has 2 saturated heterocycles. The third-order valence-corrected chi connectivity index (χ3v) is 4.56. The minimum atomic E-state index is -0.245. The zero-order valence-electron chi connectivity index (χ0n) is 11.9. The summed E-state index contributed by atoms with van der Waals surface area (Å²) in [6, 6.07) is 7.03. The van der Waals surface area contributed by atoms with Crippen LogP contribution in [0.15, 0.2) is 24.3 Å². The maximum absolute atomic E-state index is 12.5. The monoisotopic (exact) mass is 306 g/mol. The Labute approximate surface area is 129 Å². The van der Waals surface area contributed by atoms with Gasteiger partial charge in [0.2, 0.25) is 11.8 Å². The second kappa shape index (κ2) is 6.16. The van der Waals surface area contributed by atoms with Gasteiger partial charge in [-0.05, 0) is 43.6 Å². The maximum atomic E-state index is 12.5. The van der Waals surface area contributed by atoms with Crippen molar-refractivity contribution in [3.8, 4) is 0 Å². The van der Waals surface area contributed by atoms with Gasteiger partial charge in [-0.25, -0.2) is 0 Å². The molecule has 1 atom stereocenters. The van der Waals surface area contributed by atoms with Crippen molar-refractivity contribution in [3.05, 3.63) is 34.9 Å². The van der Waals surface area contributed by atoms with Gasteiger partial charge in [0.1, 0.15) is 0 Å². The molecular formula is C16H19ClN2O2. The first-order valence-electron chi connectivity index (χ1n) is 7.48. The number of likely N-dealkylation sites (tertiary alicyclic amines) is 2. The number of halogens is 1. The first-order valence-corrected chi connectivity index (χ1v) is 7.85. The Morgan fingerprint density at radius 3 is 2.38 bits per heavy atom. The minimum absolute atomic E-state index is 0.0446. The van der Waals surface area contributed by atoms with Crippen LogP contribution in [0.1, 0.15) is 31.2 Å². The van der Waals surface area contributed by atoms with Gasteiger partial charge in [-0.2, -0.15) is 0 Å². The molecule has 0 aromatic heterocycles. The minimum Gasteiger partial charge on any atom is -0.292 e. The molecule has 1 aromatic rings. The van der Waals surface area contributed by atoms with E-state index in [1.54, 1.807) is 12.1 Å². The van der Waals surface area contributed by atoms with Crippen molar-refractivity contribution < 1.29 is 9.59 Å². The van der Waals surface area contributed by atoms with Crippen molar-refractivity contribution in [1.82, 2.24) is 9.80 Å². The largest absolute Gasteiger partial charge is 0.292 e. The van der Waals surface area contributed by atoms with Crippen LogP contribution in [0.5, 0.6) is 0 Å². The van der Waals surface area contributed by atoms with Crippen LogP contribution in [-0.4, -0.2) is 40.7 Å². The van der Waals surface area contributed by atoms with Crippen LogP contribution in [0.3, 0.4) is 0 Å². The molecule has 2 amide bonds. The van der Waals surface area contributed by atoms with E-state index in [-0.39, 0.29) is 17.9 Å². The lowest BCUT2D eigenvalue weighted by molar-refractivity contribution is -0.140. The summed E-state index contributed by atoms with van der Waals surface area (Å²) in [4.78, 5) is 28.2. The fraction of sp³-hybridized carbons (Fsp3) is 0.500. The lowest BCUT2D eigenvalue weighted by Crippen LogP contribution is -2.44. The first kappa shape index (κ1) is 14.5. The number of nitrogens with zero attached hydrogens (tertiary/aromatic N) is 2. The summed E-state index contributed by atoms with van der Waals surface area (Å²) in [6.07, 6.45) is 3.79. The Balaban J connectivity index is 1.69. The molecule has 2 aliphatic rings. The number of benzene rings is 1. The molecule has 2 fully saturated rings. The van der Waals surface area contributed by atoms with E-state index in [1.807, 2.05) is 12.1 Å². The van der Waals surface area contributed by atoms with Gasteiger partial charge >= 0.3 is 0 Å². The van der Waals surface area contributed by atoms with Gasteiger partial charge in [-0.1, -0.05) is 30.2 Å². The van der Waals surface area contributed by atoms with Crippen molar-refractivity contribution >= 4 is 23.4 Å². The van der Waals surface area contributed by atoms with E-state index in [9.17, 15) is 9.59 Å². The van der Waals surface area contributed by atoms with E-state index >= 15 is 0 Å². The van der Waals surface area contributed by atoms with E-state index in [2.05, 4.69) is 4.90 Å². The normalized spacial score (nSPS) is 23.9. The predicted molar refractivity (Wildman–Crippen MR) is 80.8 cm³/mol. The summed E-state index contributed by atoms with van der Waals surface area (Å²) < 4.78 is 0. The Bertz CT molecular complexity index is 538. The van der Waals surface area contributed by atoms with E-state index in [1.165, 1.54) is 11.3 Å². The molecule has 5 heteroatoms. The molecule has 21 heavy (non-hydrogen) atoms. The van der Waals surface area contributed by atoms with Gasteiger partial charge in [0.15, 0.2) is 0 Å². The molecule has 2 heterocycles. The summed E-state index contributed by atoms with van der Waals surface area (Å²) in [6.45, 7) is 2.20. The van der Waals surface area contributed by atoms with E-state index in [0.717, 1.165) is 31.5 Å². The van der Waals surface area contributed by atoms with E-state index in [0.29, 0.717) is 18.0 Å². The average molecular weight is 307 g/mol. The highest BCUT2D eigenvalue weighted by molar-refractivity contribution is 6.30. The Morgan fingerprint density at radius 2 is 1.71 bits per heavy atom. The summed E-state index contributed by atoms with van der Waals surface area (Å²) in [5.41, 5.74) is 0.931. The van der Waals surface area contributed by atoms with Crippen molar-refractivity contribution in [2.45, 2.75) is 38.3 Å². The van der Waals surface area contributed by atoms with Crippen LogP contribution < -0.4 is 0 Å². The van der Waals surface area contributed by atoms with Gasteiger partial charge in [0.05, 0.1) is 19.0 Å². The molecule has 2 aliphatic heterocycles. The van der Waals surface area contributed by atoms with E-state index < -0.39 is 0 Å². The second-order valence-electron chi connectivity index (χ2n) is 5.76. The Hall–Kier alpha value is -1.39. The number of piperidine rings is 1. The number of rotatable bonds is 3. The molecule has 0 spiro atoms. The molecule has 0 N–H and O–H groups in total. The molecule has 0 aliphatic carbocycles. The highest BCUT2D eigenvalue weighted by Crippen LogP contribution is 2.24. The first-order chi connectivity index (χ1) is 10.1. The van der Waals surface area contributed by atoms with Gasteiger partial charge < -0.3 is 0 Å². The number of imide groups is 1. The average Bonchev–Trinajstić information content (AvgIpc) is 2.78. The molecule has 3 rings (SSSR count). The van der Waals surface area contributed by atoms with Gasteiger partial charge in [-0.3, -0.25) is 19.4 Å². The van der Waals surface area contributed by atoms with Crippen LogP contribution in [-0.2, 0) is 16.1 Å². The molecule has 0 unspecified atom stereocenters. The molecule has 1 aromatic carbocycles. The van der Waals surface area contributed by atoms with Crippen LogP contribution in [0.25, 0.3) is 0 Å². The summed E-state index contributed by atoms with van der Waals surface area (Å²) in [5.74, 6) is -0.109. The third kappa shape index (κ3) is 3.11. The van der Waals surface area contributed by atoms with Gasteiger partial charge in [0.25, 0.3) is 0 Å². The number of amides is 2. The number of carbonyl (C=O) groups excluding carboxylic acids is 2. The van der Waals surface area contributed by atoms with Crippen LogP contribution in [0, 0.1) is 0 Å². The lowest BCUT2D eigenvalue weighted by atomic mass is 10.1. The third-order valence-electron chi connectivity index (χ3n) is 4.31. The van der Waals surface area contributed by atoms with Crippen LogP contribution in [0.2, 0.25) is 5.02 Å². The van der Waals surface area contributed by atoms with E-state index in [4.69, 9.17) is 11.6 Å². The second-order valence-corrected chi connectivity index (χ2v) is 6.20. The summed E-state index contributed by atoms with van der Waals surface area (Å²) in [5, 5.41) is 0.656. The quantitative estimate of drug-likeness (QED) is 0.806. The predicted octanol–water partition coefficient (Wildman–Crippen LogP) is 2.45. The fourth-order valence-corrected chi connectivity index (χ4v) is 3.25. The Morgan fingerprint density at radius 1 is 1.05 bits per heavy atom. The number of carbonyl (C=O) groups is 2. The number of hydrogen-bond donors (Lipinski definition) is 0. The van der Waals surface area contributed by atoms with Crippen LogP contribution >= 0.6 is 11.6 Å². The van der Waals surface area contributed by atoms with Crippen molar-refractivity contribution in [2.75, 3.05) is 13.1 Å². The molecule has 0 saturated carbocycles. The molecular weight excluding hydrogens is 288 g/mol. The van der Waals surface area contributed by atoms with Crippen molar-refractivity contribution in [3.63, 3.8) is 0 Å². The van der Waals surface area contributed by atoms with Crippen molar-refractivity contribution in [2.24, 2.45) is 0 Å². The summed E-state index contributed by atoms with van der Waals surface area (Å²) >= 11 is 5.86. The lowest BCUT2D eigenvalue weighted by Gasteiger charge is -2.30. The van der Waals surface area contributed by atoms with Crippen molar-refractivity contribution in [1.29, 1.82) is 0 Å². The summed E-state index contributed by atoms with van der Waals surface area (Å²) in [7, 11) is 0. The topological polar surface area (TPSA) is 40.6 Å². The SMILES string of the molecule is O=C1C[C@@H](N2CCCCC2)C(=O)N1Cc1ccc(Cl)cc1. The maximum Gasteiger partial charge on any atom is 0.247 e. The molecule has 4 nitrogen and oxygen atoms in total. The molecule has 0 bridgehead atoms. The highest BCUT2D eigenvalue weighted by Gasteiger charge is 2.41. The zero-order chi connectivity index (χ0) is 14.8. The molecule has 112 valence electrons. The molecule has 0 radical (unpaired) electrons. The highest BCUT2D eigenvalue weighted by atomic mass is 35.5. The number of hydrogen-bond acceptors (Lipinski definition) is 3.